The van der Waals surface area contributed by atoms with Crippen LogP contribution in [-0.4, -0.2) is 44.3 Å². The van der Waals surface area contributed by atoms with Crippen molar-refractivity contribution in [3.63, 3.8) is 0 Å². The number of benzene rings is 3. The largest absolute Gasteiger partial charge is 0.507 e. The quantitative estimate of drug-likeness (QED) is 0.570. The molecule has 0 fully saturated rings. The van der Waals surface area contributed by atoms with Gasteiger partial charge in [0.25, 0.3) is 0 Å². The summed E-state index contributed by atoms with van der Waals surface area (Å²) >= 11 is 0. The Morgan fingerprint density at radius 2 is 1.59 bits per heavy atom. The average molecular weight is 463 g/mol. The molecule has 2 heterocycles. The second kappa shape index (κ2) is 8.70. The van der Waals surface area contributed by atoms with E-state index in [0.29, 0.717) is 40.7 Å². The molecule has 34 heavy (non-hydrogen) atoms. The molecule has 2 unspecified atom stereocenters. The second-order valence-corrected chi connectivity index (χ2v) is 7.99. The molecule has 1 N–H and O–H groups in total. The van der Waals surface area contributed by atoms with E-state index in [1.165, 1.54) is 0 Å². The van der Waals surface area contributed by atoms with Crippen LogP contribution in [0.4, 0.5) is 0 Å². The van der Waals surface area contributed by atoms with E-state index in [9.17, 15) is 5.11 Å². The molecule has 0 aliphatic carbocycles. The van der Waals surface area contributed by atoms with Crippen molar-refractivity contribution in [2.24, 2.45) is 5.10 Å². The molecule has 3 aromatic carbocycles. The number of fused-ring (bicyclic) bond motifs is 3. The Labute approximate surface area is 197 Å². The standard InChI is InChI=1S/C26H26N2O6/c1-30-15-9-11-22(29)19(12-15)20-14-21-17-6-5-7-23(32-3)25(17)34-26(28(21)27-20)18-10-8-16(31-2)13-24(18)33-4/h5-13,21,26,29H,14H2,1-4H3. The first kappa shape index (κ1) is 21.8. The van der Waals surface area contributed by atoms with Gasteiger partial charge in [0.2, 0.25) is 6.23 Å². The fourth-order valence-corrected chi connectivity index (χ4v) is 4.51. The number of hydrogen-bond donors (Lipinski definition) is 1. The topological polar surface area (TPSA) is 82.0 Å². The summed E-state index contributed by atoms with van der Waals surface area (Å²) in [5.74, 6) is 3.40. The number of hydrogen-bond acceptors (Lipinski definition) is 8. The van der Waals surface area contributed by atoms with Gasteiger partial charge in [-0.05, 0) is 36.4 Å². The monoisotopic (exact) mass is 462 g/mol. The number of aromatic hydroxyl groups is 1. The van der Waals surface area contributed by atoms with E-state index in [4.69, 9.17) is 28.8 Å². The van der Waals surface area contributed by atoms with Crippen molar-refractivity contribution in [1.29, 1.82) is 0 Å². The van der Waals surface area contributed by atoms with Crippen LogP contribution in [0.3, 0.4) is 0 Å². The molecular weight excluding hydrogens is 436 g/mol. The van der Waals surface area contributed by atoms with Gasteiger partial charge < -0.3 is 28.8 Å². The molecule has 3 aromatic rings. The summed E-state index contributed by atoms with van der Waals surface area (Å²) in [6, 6.07) is 16.4. The van der Waals surface area contributed by atoms with Gasteiger partial charge in [-0.3, -0.25) is 0 Å². The Bertz CT molecular complexity index is 1260. The molecule has 2 aliphatic rings. The number of hydrazone groups is 1. The molecule has 8 nitrogen and oxygen atoms in total. The number of phenols is 1. The highest BCUT2D eigenvalue weighted by Gasteiger charge is 2.43. The van der Waals surface area contributed by atoms with Gasteiger partial charge in [0, 0.05) is 23.6 Å². The van der Waals surface area contributed by atoms with E-state index >= 15 is 0 Å². The van der Waals surface area contributed by atoms with Gasteiger partial charge in [0.1, 0.15) is 23.0 Å². The Morgan fingerprint density at radius 1 is 0.853 bits per heavy atom. The van der Waals surface area contributed by atoms with E-state index in [1.54, 1.807) is 46.6 Å². The van der Waals surface area contributed by atoms with Crippen molar-refractivity contribution in [3.05, 3.63) is 71.3 Å². The number of ether oxygens (including phenoxy) is 5. The van der Waals surface area contributed by atoms with Gasteiger partial charge in [-0.25, -0.2) is 5.01 Å². The van der Waals surface area contributed by atoms with Crippen LogP contribution < -0.4 is 23.7 Å². The number of para-hydroxylation sites is 1. The summed E-state index contributed by atoms with van der Waals surface area (Å²) in [6.07, 6.45) is -0.0147. The smallest absolute Gasteiger partial charge is 0.217 e. The first-order chi connectivity index (χ1) is 16.6. The van der Waals surface area contributed by atoms with Crippen molar-refractivity contribution in [1.82, 2.24) is 5.01 Å². The van der Waals surface area contributed by atoms with Crippen LogP contribution in [-0.2, 0) is 0 Å². The lowest BCUT2D eigenvalue weighted by Crippen LogP contribution is -2.34. The van der Waals surface area contributed by atoms with Crippen LogP contribution >= 0.6 is 0 Å². The Kier molecular flexibility index (Phi) is 5.57. The highest BCUT2D eigenvalue weighted by atomic mass is 16.5. The fraction of sp³-hybridized carbons (Fsp3) is 0.269. The highest BCUT2D eigenvalue weighted by Crippen LogP contribution is 2.52. The molecule has 5 rings (SSSR count). The molecule has 2 aliphatic heterocycles. The molecular formula is C26H26N2O6. The Balaban J connectivity index is 1.65. The van der Waals surface area contributed by atoms with Crippen molar-refractivity contribution in [3.8, 4) is 34.5 Å². The number of phenolic OH excluding ortho intramolecular Hbond substituents is 1. The molecule has 176 valence electrons. The average Bonchev–Trinajstić information content (AvgIpc) is 3.33. The third-order valence-electron chi connectivity index (χ3n) is 6.22. The fourth-order valence-electron chi connectivity index (χ4n) is 4.51. The summed E-state index contributed by atoms with van der Waals surface area (Å²) < 4.78 is 28.5. The van der Waals surface area contributed by atoms with Crippen LogP contribution in [0.15, 0.2) is 59.7 Å². The van der Waals surface area contributed by atoms with Crippen molar-refractivity contribution >= 4 is 5.71 Å². The first-order valence-electron chi connectivity index (χ1n) is 10.9. The molecule has 0 amide bonds. The van der Waals surface area contributed by atoms with Crippen molar-refractivity contribution in [2.75, 3.05) is 28.4 Å². The second-order valence-electron chi connectivity index (χ2n) is 7.99. The summed E-state index contributed by atoms with van der Waals surface area (Å²) in [5.41, 5.74) is 3.12. The lowest BCUT2D eigenvalue weighted by atomic mass is 9.95. The maximum Gasteiger partial charge on any atom is 0.217 e. The minimum Gasteiger partial charge on any atom is -0.507 e. The molecule has 0 saturated carbocycles. The third kappa shape index (κ3) is 3.51. The normalized spacial score (nSPS) is 18.4. The number of methoxy groups -OCH3 is 4. The Morgan fingerprint density at radius 3 is 2.32 bits per heavy atom. The van der Waals surface area contributed by atoms with E-state index in [-0.39, 0.29) is 11.8 Å². The van der Waals surface area contributed by atoms with Gasteiger partial charge >= 0.3 is 0 Å². The zero-order valence-corrected chi connectivity index (χ0v) is 19.4. The first-order valence-corrected chi connectivity index (χ1v) is 10.9. The Hall–Kier alpha value is -4.07. The summed E-state index contributed by atoms with van der Waals surface area (Å²) in [6.45, 7) is 0. The molecule has 0 spiro atoms. The van der Waals surface area contributed by atoms with Crippen molar-refractivity contribution in [2.45, 2.75) is 18.7 Å². The minimum absolute atomic E-state index is 0.128. The van der Waals surface area contributed by atoms with Crippen LogP contribution in [0, 0.1) is 0 Å². The molecule has 0 saturated heterocycles. The molecule has 0 aromatic heterocycles. The zero-order valence-electron chi connectivity index (χ0n) is 19.4. The predicted octanol–water partition coefficient (Wildman–Crippen LogP) is 4.67. The van der Waals surface area contributed by atoms with E-state index in [1.807, 2.05) is 41.4 Å². The molecule has 0 radical (unpaired) electrons. The summed E-state index contributed by atoms with van der Waals surface area (Å²) in [7, 11) is 6.44. The lowest BCUT2D eigenvalue weighted by molar-refractivity contribution is -0.0222. The molecule has 8 heteroatoms. The zero-order chi connectivity index (χ0) is 23.8. The van der Waals surface area contributed by atoms with E-state index in [2.05, 4.69) is 0 Å². The number of nitrogens with zero attached hydrogens (tertiary/aromatic N) is 2. The van der Waals surface area contributed by atoms with Crippen LogP contribution in [0.2, 0.25) is 0 Å². The van der Waals surface area contributed by atoms with E-state index < -0.39 is 6.23 Å². The summed E-state index contributed by atoms with van der Waals surface area (Å²) in [5, 5.41) is 17.4. The minimum atomic E-state index is -0.583. The van der Waals surface area contributed by atoms with Gasteiger partial charge in [-0.15, -0.1) is 0 Å². The predicted molar refractivity (Wildman–Crippen MR) is 126 cm³/mol. The highest BCUT2D eigenvalue weighted by molar-refractivity contribution is 6.04. The maximum absolute atomic E-state index is 10.6. The van der Waals surface area contributed by atoms with E-state index in [0.717, 1.165) is 16.8 Å². The van der Waals surface area contributed by atoms with Crippen LogP contribution in [0.5, 0.6) is 34.5 Å². The molecule has 2 atom stereocenters. The molecule has 0 bridgehead atoms. The van der Waals surface area contributed by atoms with Crippen LogP contribution in [0.1, 0.15) is 35.4 Å². The summed E-state index contributed by atoms with van der Waals surface area (Å²) in [4.78, 5) is 0. The van der Waals surface area contributed by atoms with Gasteiger partial charge in [-0.1, -0.05) is 12.1 Å². The van der Waals surface area contributed by atoms with Gasteiger partial charge in [0.15, 0.2) is 11.5 Å². The third-order valence-corrected chi connectivity index (χ3v) is 6.22. The number of rotatable bonds is 6. The van der Waals surface area contributed by atoms with Crippen LogP contribution in [0.25, 0.3) is 0 Å². The van der Waals surface area contributed by atoms with Crippen molar-refractivity contribution < 1.29 is 28.8 Å². The van der Waals surface area contributed by atoms with Gasteiger partial charge in [0.05, 0.1) is 45.8 Å². The SMILES string of the molecule is COc1ccc(C2Oc3c(OC)cccc3C3CC(c4cc(OC)ccc4O)=NN32)c(OC)c1. The maximum atomic E-state index is 10.6. The van der Waals surface area contributed by atoms with Gasteiger partial charge in [-0.2, -0.15) is 5.10 Å². The lowest BCUT2D eigenvalue weighted by Gasteiger charge is -2.39.